The Morgan fingerprint density at radius 2 is 2.04 bits per heavy atom. The molecule has 1 saturated heterocycles. The number of hydrogen-bond donors (Lipinski definition) is 0. The van der Waals surface area contributed by atoms with Gasteiger partial charge in [-0.2, -0.15) is 5.10 Å². The van der Waals surface area contributed by atoms with Gasteiger partial charge in [0.15, 0.2) is 0 Å². The molecule has 1 amide bonds. The predicted octanol–water partition coefficient (Wildman–Crippen LogP) is 4.41. The van der Waals surface area contributed by atoms with Crippen molar-refractivity contribution in [3.05, 3.63) is 83.1 Å². The van der Waals surface area contributed by atoms with E-state index in [1.54, 1.807) is 22.6 Å². The van der Waals surface area contributed by atoms with Crippen LogP contribution in [0.2, 0.25) is 5.02 Å². The molecule has 1 aromatic heterocycles. The summed E-state index contributed by atoms with van der Waals surface area (Å²) in [4.78, 5) is 15.0. The van der Waals surface area contributed by atoms with Crippen LogP contribution >= 0.6 is 23.4 Å². The number of aromatic nitrogens is 2. The minimum absolute atomic E-state index is 0.0175. The molecule has 0 N–H and O–H groups in total. The van der Waals surface area contributed by atoms with Gasteiger partial charge in [0.2, 0.25) is 0 Å². The normalized spacial score (nSPS) is 17.0. The second-order valence-corrected chi connectivity index (χ2v) is 7.34. The smallest absolute Gasteiger partial charge is 0.255 e. The van der Waals surface area contributed by atoms with Crippen LogP contribution in [0.15, 0.2) is 67.0 Å². The highest BCUT2D eigenvalue weighted by Gasteiger charge is 2.32. The van der Waals surface area contributed by atoms with Crippen LogP contribution in [0.4, 0.5) is 0 Å². The Hall–Kier alpha value is -2.24. The topological polar surface area (TPSA) is 38.1 Å². The zero-order valence-corrected chi connectivity index (χ0v) is 15.0. The number of halogens is 1. The average Bonchev–Trinajstić information content (AvgIpc) is 3.33. The van der Waals surface area contributed by atoms with Crippen LogP contribution in [-0.2, 0) is 0 Å². The molecule has 0 saturated carbocycles. The Bertz CT molecular complexity index is 897. The summed E-state index contributed by atoms with van der Waals surface area (Å²) < 4.78 is 1.75. The molecule has 4 nitrogen and oxygen atoms in total. The molecule has 0 spiro atoms. The van der Waals surface area contributed by atoms with Gasteiger partial charge < -0.3 is 4.90 Å². The molecule has 1 atom stereocenters. The van der Waals surface area contributed by atoms with E-state index in [2.05, 4.69) is 5.10 Å². The van der Waals surface area contributed by atoms with Gasteiger partial charge in [-0.3, -0.25) is 4.79 Å². The van der Waals surface area contributed by atoms with Crippen LogP contribution in [-0.4, -0.2) is 32.9 Å². The minimum atomic E-state index is -0.0467. The molecule has 0 radical (unpaired) electrons. The van der Waals surface area contributed by atoms with Crippen molar-refractivity contribution in [1.29, 1.82) is 0 Å². The lowest BCUT2D eigenvalue weighted by Gasteiger charge is -2.25. The fraction of sp³-hybridized carbons (Fsp3) is 0.158. The largest absolute Gasteiger partial charge is 0.322 e. The van der Waals surface area contributed by atoms with Gasteiger partial charge in [0.25, 0.3) is 5.91 Å². The van der Waals surface area contributed by atoms with Crippen molar-refractivity contribution >= 4 is 29.3 Å². The quantitative estimate of drug-likeness (QED) is 0.686. The van der Waals surface area contributed by atoms with Crippen molar-refractivity contribution in [2.75, 3.05) is 12.3 Å². The van der Waals surface area contributed by atoms with E-state index in [0.717, 1.165) is 17.0 Å². The van der Waals surface area contributed by atoms with Crippen molar-refractivity contribution in [1.82, 2.24) is 14.7 Å². The molecule has 25 heavy (non-hydrogen) atoms. The third kappa shape index (κ3) is 3.17. The Morgan fingerprint density at radius 3 is 2.84 bits per heavy atom. The van der Waals surface area contributed by atoms with Crippen LogP contribution < -0.4 is 0 Å². The molecular formula is C19H16ClN3OS. The highest BCUT2D eigenvalue weighted by Crippen LogP contribution is 2.41. The monoisotopic (exact) mass is 369 g/mol. The number of nitrogens with zero attached hydrogens (tertiary/aromatic N) is 3. The second-order valence-electron chi connectivity index (χ2n) is 5.74. The molecule has 1 aliphatic rings. The van der Waals surface area contributed by atoms with Gasteiger partial charge >= 0.3 is 0 Å². The molecule has 1 unspecified atom stereocenters. The number of benzene rings is 2. The van der Waals surface area contributed by atoms with Gasteiger partial charge in [-0.25, -0.2) is 4.68 Å². The standard InChI is InChI=1S/C19H16ClN3OS/c20-17-8-2-1-7-16(17)19-22(11-12-25-19)18(24)14-5-3-6-15(13-14)23-10-4-9-21-23/h1-10,13,19H,11-12H2. The molecule has 1 fully saturated rings. The van der Waals surface area contributed by atoms with Gasteiger partial charge in [0, 0.05) is 40.8 Å². The fourth-order valence-corrected chi connectivity index (χ4v) is 4.58. The summed E-state index contributed by atoms with van der Waals surface area (Å²) in [6.45, 7) is 0.714. The minimum Gasteiger partial charge on any atom is -0.322 e. The summed E-state index contributed by atoms with van der Waals surface area (Å²) in [6.07, 6.45) is 3.58. The number of carbonyl (C=O) groups excluding carboxylic acids is 1. The maximum Gasteiger partial charge on any atom is 0.255 e. The van der Waals surface area contributed by atoms with Crippen LogP contribution in [0.25, 0.3) is 5.69 Å². The van der Waals surface area contributed by atoms with Crippen molar-refractivity contribution in [2.24, 2.45) is 0 Å². The molecule has 2 heterocycles. The first kappa shape index (κ1) is 16.2. The van der Waals surface area contributed by atoms with E-state index >= 15 is 0 Å². The molecule has 126 valence electrons. The number of carbonyl (C=O) groups is 1. The van der Waals surface area contributed by atoms with E-state index in [1.165, 1.54) is 0 Å². The average molecular weight is 370 g/mol. The van der Waals surface area contributed by atoms with E-state index in [1.807, 2.05) is 65.7 Å². The Labute approximate surface area is 155 Å². The van der Waals surface area contributed by atoms with Crippen LogP contribution in [0, 0.1) is 0 Å². The predicted molar refractivity (Wildman–Crippen MR) is 101 cm³/mol. The summed E-state index contributed by atoms with van der Waals surface area (Å²) in [5.74, 6) is 0.921. The number of rotatable bonds is 3. The maximum absolute atomic E-state index is 13.1. The lowest BCUT2D eigenvalue weighted by atomic mass is 10.1. The van der Waals surface area contributed by atoms with Crippen molar-refractivity contribution in [3.63, 3.8) is 0 Å². The van der Waals surface area contributed by atoms with Gasteiger partial charge in [-0.1, -0.05) is 35.9 Å². The first-order valence-corrected chi connectivity index (χ1v) is 9.44. The molecular weight excluding hydrogens is 354 g/mol. The number of amides is 1. The van der Waals surface area contributed by atoms with E-state index in [0.29, 0.717) is 17.1 Å². The summed E-state index contributed by atoms with van der Waals surface area (Å²) in [5.41, 5.74) is 2.52. The third-order valence-corrected chi connectivity index (χ3v) is 5.77. The van der Waals surface area contributed by atoms with Crippen LogP contribution in [0.5, 0.6) is 0 Å². The summed E-state index contributed by atoms with van der Waals surface area (Å²) >= 11 is 8.10. The molecule has 1 aliphatic heterocycles. The first-order chi connectivity index (χ1) is 12.2. The second kappa shape index (κ2) is 6.94. The van der Waals surface area contributed by atoms with E-state index in [4.69, 9.17) is 11.6 Å². The Balaban J connectivity index is 1.64. The van der Waals surface area contributed by atoms with Crippen molar-refractivity contribution in [3.8, 4) is 5.69 Å². The van der Waals surface area contributed by atoms with Gasteiger partial charge in [0.05, 0.1) is 5.69 Å². The maximum atomic E-state index is 13.1. The summed E-state index contributed by atoms with van der Waals surface area (Å²) in [5, 5.41) is 4.88. The van der Waals surface area contributed by atoms with E-state index in [-0.39, 0.29) is 11.3 Å². The third-order valence-electron chi connectivity index (χ3n) is 4.19. The number of hydrogen-bond acceptors (Lipinski definition) is 3. The van der Waals surface area contributed by atoms with E-state index < -0.39 is 0 Å². The SMILES string of the molecule is O=C(c1cccc(-n2cccn2)c1)N1CCSC1c1ccccc1Cl. The number of thioether (sulfide) groups is 1. The van der Waals surface area contributed by atoms with Gasteiger partial charge in [-0.15, -0.1) is 11.8 Å². The van der Waals surface area contributed by atoms with Crippen LogP contribution in [0.1, 0.15) is 21.3 Å². The summed E-state index contributed by atoms with van der Waals surface area (Å²) in [6, 6.07) is 17.1. The van der Waals surface area contributed by atoms with Gasteiger partial charge in [0.1, 0.15) is 5.37 Å². The van der Waals surface area contributed by atoms with Crippen molar-refractivity contribution < 1.29 is 4.79 Å². The Morgan fingerprint density at radius 1 is 1.16 bits per heavy atom. The van der Waals surface area contributed by atoms with Crippen molar-refractivity contribution in [2.45, 2.75) is 5.37 Å². The lowest BCUT2D eigenvalue weighted by molar-refractivity contribution is 0.0760. The lowest BCUT2D eigenvalue weighted by Crippen LogP contribution is -2.30. The molecule has 0 aliphatic carbocycles. The highest BCUT2D eigenvalue weighted by atomic mass is 35.5. The zero-order chi connectivity index (χ0) is 17.2. The van der Waals surface area contributed by atoms with E-state index in [9.17, 15) is 4.79 Å². The Kier molecular flexibility index (Phi) is 4.51. The molecule has 0 bridgehead atoms. The fourth-order valence-electron chi connectivity index (χ4n) is 2.98. The molecule has 4 rings (SSSR count). The van der Waals surface area contributed by atoms with Gasteiger partial charge in [-0.05, 0) is 30.3 Å². The molecule has 6 heteroatoms. The van der Waals surface area contributed by atoms with Crippen LogP contribution in [0.3, 0.4) is 0 Å². The molecule has 2 aromatic carbocycles. The molecule has 3 aromatic rings. The zero-order valence-electron chi connectivity index (χ0n) is 13.4. The highest BCUT2D eigenvalue weighted by molar-refractivity contribution is 7.99. The first-order valence-electron chi connectivity index (χ1n) is 8.01. The summed E-state index contributed by atoms with van der Waals surface area (Å²) in [7, 11) is 0.